The van der Waals surface area contributed by atoms with E-state index in [4.69, 9.17) is 9.47 Å². The van der Waals surface area contributed by atoms with Crippen molar-refractivity contribution in [2.45, 2.75) is 38.3 Å². The Morgan fingerprint density at radius 3 is 2.75 bits per heavy atom. The van der Waals surface area contributed by atoms with Gasteiger partial charge in [0, 0.05) is 6.42 Å². The molecule has 88 valence electrons. The summed E-state index contributed by atoms with van der Waals surface area (Å²) in [5, 5.41) is 9.50. The number of hydrogen-bond acceptors (Lipinski definition) is 3. The van der Waals surface area contributed by atoms with Gasteiger partial charge in [-0.2, -0.15) is 0 Å². The van der Waals surface area contributed by atoms with Crippen LogP contribution in [0.3, 0.4) is 0 Å². The third-order valence-corrected chi connectivity index (χ3v) is 2.87. The minimum Gasteiger partial charge on any atom is -0.390 e. The van der Waals surface area contributed by atoms with Crippen LogP contribution in [-0.4, -0.2) is 30.0 Å². The monoisotopic (exact) mass is 222 g/mol. The lowest BCUT2D eigenvalue weighted by molar-refractivity contribution is -0.0238. The van der Waals surface area contributed by atoms with Crippen molar-refractivity contribution in [3.05, 3.63) is 35.9 Å². The summed E-state index contributed by atoms with van der Waals surface area (Å²) in [6.07, 6.45) is 0.306. The molecule has 0 bridgehead atoms. The summed E-state index contributed by atoms with van der Waals surface area (Å²) in [6.45, 7) is 3.04. The average Bonchev–Trinajstić information content (AvgIpc) is 2.60. The highest BCUT2D eigenvalue weighted by Gasteiger charge is 2.30. The Balaban J connectivity index is 1.69. The Morgan fingerprint density at radius 2 is 2.12 bits per heavy atom. The quantitative estimate of drug-likeness (QED) is 0.843. The largest absolute Gasteiger partial charge is 0.390 e. The highest BCUT2D eigenvalue weighted by atomic mass is 16.6. The first-order chi connectivity index (χ1) is 7.75. The number of benzene rings is 1. The fraction of sp³-hybridized carbons (Fsp3) is 0.538. The van der Waals surface area contributed by atoms with Gasteiger partial charge in [-0.05, 0) is 12.5 Å². The minimum atomic E-state index is -0.342. The van der Waals surface area contributed by atoms with Crippen molar-refractivity contribution in [2.75, 3.05) is 6.61 Å². The van der Waals surface area contributed by atoms with Gasteiger partial charge in [0.2, 0.25) is 0 Å². The van der Waals surface area contributed by atoms with Gasteiger partial charge in [0.25, 0.3) is 0 Å². The van der Waals surface area contributed by atoms with Crippen LogP contribution < -0.4 is 0 Å². The van der Waals surface area contributed by atoms with Crippen LogP contribution in [0.5, 0.6) is 0 Å². The van der Waals surface area contributed by atoms with Crippen molar-refractivity contribution in [2.24, 2.45) is 0 Å². The van der Waals surface area contributed by atoms with Crippen molar-refractivity contribution in [1.29, 1.82) is 0 Å². The minimum absolute atomic E-state index is 0.0358. The van der Waals surface area contributed by atoms with Crippen molar-refractivity contribution in [3.63, 3.8) is 0 Å². The molecule has 0 amide bonds. The normalized spacial score (nSPS) is 29.5. The molecule has 0 spiro atoms. The van der Waals surface area contributed by atoms with Gasteiger partial charge in [-0.25, -0.2) is 0 Å². The average molecular weight is 222 g/mol. The first kappa shape index (κ1) is 11.6. The summed E-state index contributed by atoms with van der Waals surface area (Å²) < 4.78 is 11.1. The van der Waals surface area contributed by atoms with E-state index in [9.17, 15) is 5.11 Å². The van der Waals surface area contributed by atoms with E-state index in [-0.39, 0.29) is 18.3 Å². The highest BCUT2D eigenvalue weighted by molar-refractivity contribution is 5.13. The molecule has 1 aliphatic rings. The summed E-state index contributed by atoms with van der Waals surface area (Å²) in [6, 6.07) is 10.1. The maximum absolute atomic E-state index is 9.50. The molecule has 1 N–H and O–H groups in total. The first-order valence-corrected chi connectivity index (χ1v) is 5.71. The Hall–Kier alpha value is -0.900. The summed E-state index contributed by atoms with van der Waals surface area (Å²) in [7, 11) is 0. The number of rotatable bonds is 4. The molecule has 3 nitrogen and oxygen atoms in total. The van der Waals surface area contributed by atoms with Gasteiger partial charge in [0.15, 0.2) is 0 Å². The van der Waals surface area contributed by atoms with Gasteiger partial charge in [-0.3, -0.25) is 0 Å². The van der Waals surface area contributed by atoms with Gasteiger partial charge in [0.1, 0.15) is 0 Å². The standard InChI is InChI=1S/C13H18O3/c1-10-13(14)7-12(16-10)9-15-8-11-5-3-2-4-6-11/h2-6,10,12-14H,7-9H2,1H3/t10-,12-,13+/m0/s1. The number of hydrogen-bond donors (Lipinski definition) is 1. The lowest BCUT2D eigenvalue weighted by Gasteiger charge is -2.11. The molecule has 1 heterocycles. The maximum atomic E-state index is 9.50. The van der Waals surface area contributed by atoms with Crippen LogP contribution in [0.4, 0.5) is 0 Å². The van der Waals surface area contributed by atoms with Crippen molar-refractivity contribution >= 4 is 0 Å². The molecule has 1 aromatic carbocycles. The molecule has 0 aliphatic carbocycles. The third kappa shape index (κ3) is 3.04. The van der Waals surface area contributed by atoms with E-state index in [1.165, 1.54) is 0 Å². The molecular weight excluding hydrogens is 204 g/mol. The third-order valence-electron chi connectivity index (χ3n) is 2.87. The molecule has 1 saturated heterocycles. The van der Waals surface area contributed by atoms with Gasteiger partial charge in [0.05, 0.1) is 31.5 Å². The molecule has 0 saturated carbocycles. The molecule has 3 atom stereocenters. The summed E-state index contributed by atoms with van der Waals surface area (Å²) in [4.78, 5) is 0. The van der Waals surface area contributed by atoms with Crippen LogP contribution >= 0.6 is 0 Å². The van der Waals surface area contributed by atoms with Crippen LogP contribution in [0.2, 0.25) is 0 Å². The topological polar surface area (TPSA) is 38.7 Å². The van der Waals surface area contributed by atoms with Gasteiger partial charge in [-0.15, -0.1) is 0 Å². The number of aliphatic hydroxyl groups is 1. The smallest absolute Gasteiger partial charge is 0.0839 e. The van der Waals surface area contributed by atoms with Crippen molar-refractivity contribution < 1.29 is 14.6 Å². The van der Waals surface area contributed by atoms with Gasteiger partial charge < -0.3 is 14.6 Å². The van der Waals surface area contributed by atoms with E-state index < -0.39 is 0 Å². The van der Waals surface area contributed by atoms with E-state index in [0.29, 0.717) is 19.6 Å². The van der Waals surface area contributed by atoms with Crippen molar-refractivity contribution in [1.82, 2.24) is 0 Å². The summed E-state index contributed by atoms with van der Waals surface area (Å²) in [5.41, 5.74) is 1.16. The first-order valence-electron chi connectivity index (χ1n) is 5.71. The Morgan fingerprint density at radius 1 is 1.38 bits per heavy atom. The molecule has 1 aliphatic heterocycles. The molecular formula is C13H18O3. The molecule has 0 aromatic heterocycles. The Bertz CT molecular complexity index is 302. The Kier molecular flexibility index (Phi) is 3.93. The summed E-state index contributed by atoms with van der Waals surface area (Å²) >= 11 is 0. The molecule has 0 radical (unpaired) electrons. The molecule has 3 heteroatoms. The molecule has 16 heavy (non-hydrogen) atoms. The van der Waals surface area contributed by atoms with Gasteiger partial charge >= 0.3 is 0 Å². The van der Waals surface area contributed by atoms with Crippen LogP contribution in [0.1, 0.15) is 18.9 Å². The van der Waals surface area contributed by atoms with E-state index in [1.807, 2.05) is 37.3 Å². The van der Waals surface area contributed by atoms with Crippen LogP contribution in [-0.2, 0) is 16.1 Å². The second-order valence-electron chi connectivity index (χ2n) is 4.27. The van der Waals surface area contributed by atoms with Crippen LogP contribution in [0.25, 0.3) is 0 Å². The maximum Gasteiger partial charge on any atom is 0.0839 e. The fourth-order valence-corrected chi connectivity index (χ4v) is 1.90. The Labute approximate surface area is 96.0 Å². The zero-order valence-electron chi connectivity index (χ0n) is 9.50. The van der Waals surface area contributed by atoms with E-state index >= 15 is 0 Å². The predicted octanol–water partition coefficient (Wildman–Crippen LogP) is 1.74. The second kappa shape index (κ2) is 5.43. The van der Waals surface area contributed by atoms with E-state index in [2.05, 4.69) is 0 Å². The van der Waals surface area contributed by atoms with Crippen molar-refractivity contribution in [3.8, 4) is 0 Å². The van der Waals surface area contributed by atoms with E-state index in [0.717, 1.165) is 5.56 Å². The lowest BCUT2D eigenvalue weighted by Crippen LogP contribution is -2.16. The second-order valence-corrected chi connectivity index (χ2v) is 4.27. The SMILES string of the molecule is C[C@@H]1O[C@H](COCc2ccccc2)C[C@H]1O. The lowest BCUT2D eigenvalue weighted by atomic mass is 10.1. The summed E-state index contributed by atoms with van der Waals surface area (Å²) in [5.74, 6) is 0. The highest BCUT2D eigenvalue weighted by Crippen LogP contribution is 2.20. The molecule has 2 rings (SSSR count). The number of ether oxygens (including phenoxy) is 2. The molecule has 0 unspecified atom stereocenters. The van der Waals surface area contributed by atoms with Crippen LogP contribution in [0, 0.1) is 0 Å². The zero-order chi connectivity index (χ0) is 11.4. The van der Waals surface area contributed by atoms with E-state index in [1.54, 1.807) is 0 Å². The number of aliphatic hydroxyl groups excluding tert-OH is 1. The molecule has 1 aromatic rings. The predicted molar refractivity (Wildman–Crippen MR) is 61.1 cm³/mol. The van der Waals surface area contributed by atoms with Crippen LogP contribution in [0.15, 0.2) is 30.3 Å². The molecule has 1 fully saturated rings. The van der Waals surface area contributed by atoms with Gasteiger partial charge in [-0.1, -0.05) is 30.3 Å². The zero-order valence-corrected chi connectivity index (χ0v) is 9.50. The fourth-order valence-electron chi connectivity index (χ4n) is 1.90.